The minimum Gasteiger partial charge on any atom is -0.439 e. The first-order chi connectivity index (χ1) is 12.1. The summed E-state index contributed by atoms with van der Waals surface area (Å²) in [5.41, 5.74) is 9.46. The molecular weight excluding hydrogens is 316 g/mol. The molecule has 2 N–H and O–H groups in total. The summed E-state index contributed by atoms with van der Waals surface area (Å²) in [6.07, 6.45) is 3.21. The van der Waals surface area contributed by atoms with Gasteiger partial charge in [-0.3, -0.25) is 0 Å². The Balaban J connectivity index is 1.68. The van der Waals surface area contributed by atoms with Crippen LogP contribution < -0.4 is 10.5 Å². The van der Waals surface area contributed by atoms with Crippen molar-refractivity contribution in [1.29, 1.82) is 0 Å². The largest absolute Gasteiger partial charge is 0.439 e. The molecule has 0 atom stereocenters. The number of aryl methyl sites for hydroxylation is 2. The number of pyridine rings is 1. The molecule has 4 aromatic rings. The number of benzene rings is 1. The molecule has 0 radical (unpaired) electrons. The van der Waals surface area contributed by atoms with Gasteiger partial charge in [0.05, 0.1) is 5.39 Å². The van der Waals surface area contributed by atoms with Crippen LogP contribution in [0.2, 0.25) is 0 Å². The first kappa shape index (κ1) is 15.1. The van der Waals surface area contributed by atoms with E-state index >= 15 is 0 Å². The number of hydrogen-bond acceptors (Lipinski definition) is 6. The molecule has 1 aromatic carbocycles. The molecule has 25 heavy (non-hydrogen) atoms. The van der Waals surface area contributed by atoms with Crippen LogP contribution in [0.1, 0.15) is 5.56 Å². The number of nitrogens with two attached hydrogens (primary N) is 1. The maximum atomic E-state index is 6.01. The van der Waals surface area contributed by atoms with Crippen LogP contribution in [0.25, 0.3) is 22.3 Å². The zero-order chi connectivity index (χ0) is 17.4. The predicted molar refractivity (Wildman–Crippen MR) is 95.2 cm³/mol. The molecule has 0 fully saturated rings. The van der Waals surface area contributed by atoms with E-state index in [4.69, 9.17) is 10.5 Å². The number of ether oxygens (including phenoxy) is 1. The van der Waals surface area contributed by atoms with Crippen molar-refractivity contribution in [3.63, 3.8) is 0 Å². The number of nitrogens with zero attached hydrogens (tertiary/aromatic N) is 5. The van der Waals surface area contributed by atoms with E-state index in [1.807, 2.05) is 50.4 Å². The van der Waals surface area contributed by atoms with Crippen molar-refractivity contribution < 1.29 is 4.74 Å². The molecule has 0 saturated carbocycles. The Morgan fingerprint density at radius 2 is 1.80 bits per heavy atom. The van der Waals surface area contributed by atoms with Gasteiger partial charge in [0.1, 0.15) is 23.6 Å². The molecule has 124 valence electrons. The number of rotatable bonds is 3. The smallest absolute Gasteiger partial charge is 0.219 e. The van der Waals surface area contributed by atoms with E-state index in [0.717, 1.165) is 22.2 Å². The second kappa shape index (κ2) is 5.86. The Labute approximate surface area is 144 Å². The molecule has 3 aromatic heterocycles. The van der Waals surface area contributed by atoms with Crippen LogP contribution in [0.4, 0.5) is 5.82 Å². The second-order valence-corrected chi connectivity index (χ2v) is 5.73. The quantitative estimate of drug-likeness (QED) is 0.620. The van der Waals surface area contributed by atoms with Gasteiger partial charge in [-0.05, 0) is 36.8 Å². The summed E-state index contributed by atoms with van der Waals surface area (Å²) < 4.78 is 7.45. The standard InChI is InChI=1S/C18H16N6O/c1-11-3-8-14(20-9-11)25-13-6-4-12(5-7-13)16-15-17(19)21-10-22-18(15)24(2)23-16/h3-10H,1-2H3,(H2,19,21,22). The summed E-state index contributed by atoms with van der Waals surface area (Å²) >= 11 is 0. The summed E-state index contributed by atoms with van der Waals surface area (Å²) in [7, 11) is 1.83. The molecule has 0 spiro atoms. The molecule has 0 amide bonds. The van der Waals surface area contributed by atoms with Gasteiger partial charge in [-0.2, -0.15) is 5.10 Å². The van der Waals surface area contributed by atoms with E-state index in [1.54, 1.807) is 10.9 Å². The van der Waals surface area contributed by atoms with Gasteiger partial charge in [0, 0.05) is 24.9 Å². The molecule has 3 heterocycles. The molecular formula is C18H16N6O. The Kier molecular flexibility index (Phi) is 3.53. The van der Waals surface area contributed by atoms with Gasteiger partial charge >= 0.3 is 0 Å². The van der Waals surface area contributed by atoms with E-state index < -0.39 is 0 Å². The van der Waals surface area contributed by atoms with Crippen molar-refractivity contribution >= 4 is 16.9 Å². The summed E-state index contributed by atoms with van der Waals surface area (Å²) in [6.45, 7) is 1.98. The van der Waals surface area contributed by atoms with Gasteiger partial charge in [0.15, 0.2) is 5.65 Å². The number of anilines is 1. The number of nitrogen functional groups attached to an aromatic ring is 1. The normalized spacial score (nSPS) is 11.0. The molecule has 4 rings (SSSR count). The number of aromatic nitrogens is 5. The molecule has 7 heteroatoms. The lowest BCUT2D eigenvalue weighted by molar-refractivity contribution is 0.463. The third-order valence-corrected chi connectivity index (χ3v) is 3.88. The van der Waals surface area contributed by atoms with Crippen molar-refractivity contribution in [3.8, 4) is 22.9 Å². The SMILES string of the molecule is Cc1ccc(Oc2ccc(-c3nn(C)c4ncnc(N)c34)cc2)nc1. The highest BCUT2D eigenvalue weighted by molar-refractivity contribution is 5.98. The minimum atomic E-state index is 0.414. The lowest BCUT2D eigenvalue weighted by Gasteiger charge is -2.06. The summed E-state index contributed by atoms with van der Waals surface area (Å²) in [4.78, 5) is 12.6. The van der Waals surface area contributed by atoms with Gasteiger partial charge < -0.3 is 10.5 Å². The van der Waals surface area contributed by atoms with Crippen LogP contribution in [0.5, 0.6) is 11.6 Å². The second-order valence-electron chi connectivity index (χ2n) is 5.73. The molecule has 0 saturated heterocycles. The fourth-order valence-corrected chi connectivity index (χ4v) is 2.63. The maximum Gasteiger partial charge on any atom is 0.219 e. The molecule has 0 aliphatic carbocycles. The zero-order valence-corrected chi connectivity index (χ0v) is 13.8. The first-order valence-corrected chi connectivity index (χ1v) is 7.76. The number of fused-ring (bicyclic) bond motifs is 1. The van der Waals surface area contributed by atoms with Crippen LogP contribution in [0.3, 0.4) is 0 Å². The van der Waals surface area contributed by atoms with Crippen molar-refractivity contribution in [2.24, 2.45) is 7.05 Å². The Morgan fingerprint density at radius 3 is 2.52 bits per heavy atom. The van der Waals surface area contributed by atoms with Crippen molar-refractivity contribution in [1.82, 2.24) is 24.7 Å². The molecule has 0 aliphatic rings. The Hall–Kier alpha value is -3.48. The lowest BCUT2D eigenvalue weighted by atomic mass is 10.1. The maximum absolute atomic E-state index is 6.01. The van der Waals surface area contributed by atoms with Gasteiger partial charge in [-0.25, -0.2) is 19.6 Å². The molecule has 0 aliphatic heterocycles. The van der Waals surface area contributed by atoms with Gasteiger partial charge in [-0.1, -0.05) is 6.07 Å². The van der Waals surface area contributed by atoms with E-state index in [2.05, 4.69) is 20.1 Å². The van der Waals surface area contributed by atoms with Crippen LogP contribution in [-0.4, -0.2) is 24.7 Å². The third kappa shape index (κ3) is 2.76. The average molecular weight is 332 g/mol. The molecule has 7 nitrogen and oxygen atoms in total. The van der Waals surface area contributed by atoms with E-state index in [0.29, 0.717) is 23.1 Å². The van der Waals surface area contributed by atoms with Crippen molar-refractivity contribution in [3.05, 3.63) is 54.5 Å². The monoisotopic (exact) mass is 332 g/mol. The van der Waals surface area contributed by atoms with Crippen LogP contribution >= 0.6 is 0 Å². The lowest BCUT2D eigenvalue weighted by Crippen LogP contribution is -1.95. The molecule has 0 bridgehead atoms. The first-order valence-electron chi connectivity index (χ1n) is 7.76. The molecule has 0 unspecified atom stereocenters. The highest BCUT2D eigenvalue weighted by Crippen LogP contribution is 2.31. The van der Waals surface area contributed by atoms with Crippen LogP contribution in [0, 0.1) is 6.92 Å². The van der Waals surface area contributed by atoms with Gasteiger partial charge in [-0.15, -0.1) is 0 Å². The van der Waals surface area contributed by atoms with E-state index in [-0.39, 0.29) is 0 Å². The summed E-state index contributed by atoms with van der Waals surface area (Å²) in [5.74, 6) is 1.67. The van der Waals surface area contributed by atoms with Crippen LogP contribution in [-0.2, 0) is 7.05 Å². The highest BCUT2D eigenvalue weighted by atomic mass is 16.5. The summed E-state index contributed by atoms with van der Waals surface area (Å²) in [5, 5.41) is 5.27. The fourth-order valence-electron chi connectivity index (χ4n) is 2.63. The van der Waals surface area contributed by atoms with Gasteiger partial charge in [0.2, 0.25) is 5.88 Å². The van der Waals surface area contributed by atoms with E-state index in [9.17, 15) is 0 Å². The van der Waals surface area contributed by atoms with Crippen LogP contribution in [0.15, 0.2) is 48.9 Å². The Bertz CT molecular complexity index is 1040. The average Bonchev–Trinajstić information content (AvgIpc) is 2.96. The van der Waals surface area contributed by atoms with E-state index in [1.165, 1.54) is 6.33 Å². The highest BCUT2D eigenvalue weighted by Gasteiger charge is 2.15. The third-order valence-electron chi connectivity index (χ3n) is 3.88. The predicted octanol–water partition coefficient (Wildman–Crippen LogP) is 3.11. The fraction of sp³-hybridized carbons (Fsp3) is 0.111. The topological polar surface area (TPSA) is 91.7 Å². The Morgan fingerprint density at radius 1 is 1.00 bits per heavy atom. The van der Waals surface area contributed by atoms with Crippen molar-refractivity contribution in [2.75, 3.05) is 5.73 Å². The minimum absolute atomic E-state index is 0.414. The van der Waals surface area contributed by atoms with Gasteiger partial charge in [0.25, 0.3) is 0 Å². The number of hydrogen-bond donors (Lipinski definition) is 1. The summed E-state index contributed by atoms with van der Waals surface area (Å²) in [6, 6.07) is 11.4. The van der Waals surface area contributed by atoms with Crippen molar-refractivity contribution in [2.45, 2.75) is 6.92 Å². The zero-order valence-electron chi connectivity index (χ0n) is 13.8.